The first-order valence-corrected chi connectivity index (χ1v) is 12.3. The monoisotopic (exact) mass is 534 g/mol. The van der Waals surface area contributed by atoms with E-state index in [0.29, 0.717) is 36.7 Å². The zero-order valence-electron chi connectivity index (χ0n) is 21.5. The van der Waals surface area contributed by atoms with Crippen LogP contribution in [-0.2, 0) is 27.1 Å². The second-order valence-corrected chi connectivity index (χ2v) is 9.39. The molecule has 2 aromatic carbocycles. The first-order chi connectivity index (χ1) is 18.3. The van der Waals surface area contributed by atoms with Crippen LogP contribution >= 0.6 is 0 Å². The van der Waals surface area contributed by atoms with E-state index in [2.05, 4.69) is 0 Å². The van der Waals surface area contributed by atoms with Gasteiger partial charge in [0, 0.05) is 5.92 Å². The maximum Gasteiger partial charge on any atom is 0.309 e. The summed E-state index contributed by atoms with van der Waals surface area (Å²) in [5.74, 6) is 1.12. The quantitative estimate of drug-likeness (QED) is 0.315. The van der Waals surface area contributed by atoms with Crippen molar-refractivity contribution >= 4 is 5.97 Å². The van der Waals surface area contributed by atoms with E-state index in [-0.39, 0.29) is 23.6 Å². The van der Waals surface area contributed by atoms with Gasteiger partial charge < -0.3 is 48.8 Å². The second kappa shape index (κ2) is 12.2. The van der Waals surface area contributed by atoms with Crippen LogP contribution in [-0.4, -0.2) is 91.6 Å². The van der Waals surface area contributed by atoms with Crippen molar-refractivity contribution < 1.29 is 53.6 Å². The number of ether oxygens (including phenoxy) is 6. The van der Waals surface area contributed by atoms with Gasteiger partial charge in [0.05, 0.1) is 40.5 Å². The predicted octanol–water partition coefficient (Wildman–Crippen LogP) is 0.466. The number of cyclic esters (lactones) is 1. The highest BCUT2D eigenvalue weighted by Gasteiger charge is 2.45. The molecule has 2 aliphatic rings. The maximum absolute atomic E-state index is 12.6. The molecule has 2 fully saturated rings. The van der Waals surface area contributed by atoms with Crippen molar-refractivity contribution in [1.82, 2.24) is 0 Å². The topological polar surface area (TPSA) is 153 Å². The fourth-order valence-electron chi connectivity index (χ4n) is 4.85. The van der Waals surface area contributed by atoms with Crippen molar-refractivity contribution in [3.63, 3.8) is 0 Å². The van der Waals surface area contributed by atoms with E-state index in [0.717, 1.165) is 11.1 Å². The van der Waals surface area contributed by atoms with Gasteiger partial charge in [0.2, 0.25) is 6.29 Å². The van der Waals surface area contributed by atoms with Crippen molar-refractivity contribution in [2.24, 2.45) is 11.8 Å². The number of methoxy groups -OCH3 is 3. The summed E-state index contributed by atoms with van der Waals surface area (Å²) in [7, 11) is 4.59. The van der Waals surface area contributed by atoms with Gasteiger partial charge in [-0.3, -0.25) is 4.79 Å². The van der Waals surface area contributed by atoms with E-state index in [1.54, 1.807) is 32.4 Å². The van der Waals surface area contributed by atoms with Gasteiger partial charge in [0.25, 0.3) is 0 Å². The van der Waals surface area contributed by atoms with E-state index in [9.17, 15) is 25.2 Å². The van der Waals surface area contributed by atoms with Crippen LogP contribution in [0.1, 0.15) is 11.1 Å². The molecule has 2 aliphatic heterocycles. The van der Waals surface area contributed by atoms with Crippen LogP contribution in [0.25, 0.3) is 0 Å². The smallest absolute Gasteiger partial charge is 0.309 e. The third-order valence-electron chi connectivity index (χ3n) is 7.03. The lowest BCUT2D eigenvalue weighted by Gasteiger charge is -2.39. The molecular weight excluding hydrogens is 500 g/mol. The average molecular weight is 535 g/mol. The Hall–Kier alpha value is -3.09. The number of aliphatic hydroxyl groups is 4. The van der Waals surface area contributed by atoms with Crippen LogP contribution in [0.2, 0.25) is 0 Å². The van der Waals surface area contributed by atoms with Gasteiger partial charge in [0.15, 0.2) is 23.0 Å². The Morgan fingerprint density at radius 1 is 0.816 bits per heavy atom. The van der Waals surface area contributed by atoms with E-state index in [1.165, 1.54) is 7.11 Å². The Bertz CT molecular complexity index is 1100. The number of esters is 1. The number of aliphatic hydroxyl groups excluding tert-OH is 4. The predicted molar refractivity (Wildman–Crippen MR) is 132 cm³/mol. The number of hydrogen-bond donors (Lipinski definition) is 4. The molecule has 2 saturated heterocycles. The van der Waals surface area contributed by atoms with Gasteiger partial charge in [-0.15, -0.1) is 0 Å². The molecule has 0 spiro atoms. The molecule has 0 unspecified atom stereocenters. The van der Waals surface area contributed by atoms with E-state index in [4.69, 9.17) is 28.4 Å². The first-order valence-electron chi connectivity index (χ1n) is 12.3. The summed E-state index contributed by atoms with van der Waals surface area (Å²) >= 11 is 0. The summed E-state index contributed by atoms with van der Waals surface area (Å²) in [4.78, 5) is 12.6. The van der Waals surface area contributed by atoms with E-state index >= 15 is 0 Å². The molecule has 0 saturated carbocycles. The van der Waals surface area contributed by atoms with Crippen LogP contribution in [0.5, 0.6) is 23.0 Å². The average Bonchev–Trinajstić information content (AvgIpc) is 3.27. The molecule has 0 amide bonds. The van der Waals surface area contributed by atoms with E-state index in [1.807, 2.05) is 18.2 Å². The molecule has 4 rings (SSSR count). The summed E-state index contributed by atoms with van der Waals surface area (Å²) in [6.07, 6.45) is -5.99. The molecule has 11 heteroatoms. The SMILES string of the molecule is COc1ccc(C[C@@H]2C(=O)OC[C@H]2Cc2ccc(O[C@H]3O[C@@H](CO)[C@H](O)[C@@H](O)[C@@H]3O)c(OC)c2)cc1OC. The second-order valence-electron chi connectivity index (χ2n) is 9.39. The van der Waals surface area contributed by atoms with Gasteiger partial charge in [-0.25, -0.2) is 0 Å². The van der Waals surface area contributed by atoms with Gasteiger partial charge in [0.1, 0.15) is 24.4 Å². The van der Waals surface area contributed by atoms with E-state index < -0.39 is 37.3 Å². The highest BCUT2D eigenvalue weighted by Crippen LogP contribution is 2.36. The molecule has 38 heavy (non-hydrogen) atoms. The fourth-order valence-corrected chi connectivity index (χ4v) is 4.85. The fraction of sp³-hybridized carbons (Fsp3) is 0.519. The lowest BCUT2D eigenvalue weighted by atomic mass is 9.85. The molecule has 0 radical (unpaired) electrons. The Morgan fingerprint density at radius 3 is 2.05 bits per heavy atom. The third kappa shape index (κ3) is 5.82. The zero-order valence-corrected chi connectivity index (χ0v) is 21.5. The molecule has 7 atom stereocenters. The molecule has 4 N–H and O–H groups in total. The van der Waals surface area contributed by atoms with Crippen molar-refractivity contribution in [1.29, 1.82) is 0 Å². The molecule has 11 nitrogen and oxygen atoms in total. The molecule has 0 bridgehead atoms. The standard InChI is InChI=1S/C27H34O11/c1-33-18-6-4-15(11-20(18)34-2)9-17-16(13-36-26(17)32)8-14-5-7-19(21(10-14)35-3)37-27-25(31)24(30)23(29)22(12-28)38-27/h4-7,10-11,16-17,22-25,27-31H,8-9,12-13H2,1-3H3/t16-,17+,22+,23+,24-,25+,27+/m1/s1. The van der Waals surface area contributed by atoms with Crippen LogP contribution < -0.4 is 18.9 Å². The molecule has 0 aromatic heterocycles. The normalized spacial score (nSPS) is 29.0. The van der Waals surface area contributed by atoms with Crippen molar-refractivity contribution in [2.45, 2.75) is 43.5 Å². The summed E-state index contributed by atoms with van der Waals surface area (Å²) in [5, 5.41) is 39.7. The molecule has 0 aliphatic carbocycles. The molecule has 2 aromatic rings. The lowest BCUT2D eigenvalue weighted by Crippen LogP contribution is -2.60. The summed E-state index contributed by atoms with van der Waals surface area (Å²) in [5.41, 5.74) is 1.81. The molecular formula is C27H34O11. The van der Waals surface area contributed by atoms with Crippen LogP contribution in [0.15, 0.2) is 36.4 Å². The largest absolute Gasteiger partial charge is 0.493 e. The van der Waals surface area contributed by atoms with Gasteiger partial charge in [-0.2, -0.15) is 0 Å². The minimum Gasteiger partial charge on any atom is -0.493 e. The summed E-state index contributed by atoms with van der Waals surface area (Å²) in [6, 6.07) is 10.8. The van der Waals surface area contributed by atoms with Gasteiger partial charge in [-0.05, 0) is 48.2 Å². The Balaban J connectivity index is 1.47. The zero-order chi connectivity index (χ0) is 27.4. The maximum atomic E-state index is 12.6. The highest BCUT2D eigenvalue weighted by molar-refractivity contribution is 5.75. The summed E-state index contributed by atoms with van der Waals surface area (Å²) in [6.45, 7) is -0.268. The molecule has 2 heterocycles. The number of hydrogen-bond acceptors (Lipinski definition) is 11. The van der Waals surface area contributed by atoms with Crippen molar-refractivity contribution in [3.05, 3.63) is 47.5 Å². The Labute approximate surface area is 220 Å². The van der Waals surface area contributed by atoms with Gasteiger partial charge in [-0.1, -0.05) is 12.1 Å². The molecule has 208 valence electrons. The number of rotatable bonds is 10. The highest BCUT2D eigenvalue weighted by atomic mass is 16.7. The Morgan fingerprint density at radius 2 is 1.42 bits per heavy atom. The van der Waals surface area contributed by atoms with Crippen LogP contribution in [0.3, 0.4) is 0 Å². The van der Waals surface area contributed by atoms with Crippen LogP contribution in [0, 0.1) is 11.8 Å². The number of carbonyl (C=O) groups excluding carboxylic acids is 1. The number of benzene rings is 2. The summed E-state index contributed by atoms with van der Waals surface area (Å²) < 4.78 is 32.7. The van der Waals surface area contributed by atoms with Gasteiger partial charge >= 0.3 is 5.97 Å². The third-order valence-corrected chi connectivity index (χ3v) is 7.03. The lowest BCUT2D eigenvalue weighted by molar-refractivity contribution is -0.277. The minimum absolute atomic E-state index is 0.0717. The van der Waals surface area contributed by atoms with Crippen LogP contribution in [0.4, 0.5) is 0 Å². The first kappa shape index (κ1) is 27.9. The Kier molecular flexibility index (Phi) is 8.95. The minimum atomic E-state index is -1.56. The van der Waals surface area contributed by atoms with Crippen molar-refractivity contribution in [3.8, 4) is 23.0 Å². The van der Waals surface area contributed by atoms with Crippen molar-refractivity contribution in [2.75, 3.05) is 34.5 Å². The number of carbonyl (C=O) groups is 1.